The van der Waals surface area contributed by atoms with Gasteiger partial charge in [0.2, 0.25) is 11.8 Å². The summed E-state index contributed by atoms with van der Waals surface area (Å²) in [7, 11) is 0. The lowest BCUT2D eigenvalue weighted by molar-refractivity contribution is -0.141. The van der Waals surface area contributed by atoms with E-state index in [0.29, 0.717) is 37.6 Å². The zero-order valence-electron chi connectivity index (χ0n) is 17.8. The van der Waals surface area contributed by atoms with Crippen molar-refractivity contribution in [3.8, 4) is 0 Å². The van der Waals surface area contributed by atoms with Crippen LogP contribution < -0.4 is 5.32 Å². The Labute approximate surface area is 209 Å². The Morgan fingerprint density at radius 2 is 1.44 bits per heavy atom. The molecular formula is C24H26Cl4N2O2. The molecule has 32 heavy (non-hydrogen) atoms. The van der Waals surface area contributed by atoms with Gasteiger partial charge in [0.1, 0.15) is 6.04 Å². The van der Waals surface area contributed by atoms with Crippen LogP contribution in [0, 0.1) is 0 Å². The highest BCUT2D eigenvalue weighted by molar-refractivity contribution is 6.36. The van der Waals surface area contributed by atoms with E-state index in [1.54, 1.807) is 36.4 Å². The van der Waals surface area contributed by atoms with Crippen LogP contribution in [-0.2, 0) is 22.6 Å². The SMILES string of the molecule is CC[C@H](C(=O)NC1CCCC1)N(Cc1c(Cl)cccc1Cl)C(=O)Cc1c(Cl)cccc1Cl. The van der Waals surface area contributed by atoms with Crippen LogP contribution in [0.2, 0.25) is 20.1 Å². The predicted molar refractivity (Wildman–Crippen MR) is 132 cm³/mol. The number of carbonyl (C=O) groups excluding carboxylic acids is 2. The zero-order chi connectivity index (χ0) is 23.3. The highest BCUT2D eigenvalue weighted by atomic mass is 35.5. The second kappa shape index (κ2) is 11.6. The highest BCUT2D eigenvalue weighted by Gasteiger charge is 2.32. The Morgan fingerprint density at radius 3 is 1.94 bits per heavy atom. The minimum absolute atomic E-state index is 0.0339. The van der Waals surface area contributed by atoms with E-state index in [9.17, 15) is 9.59 Å². The summed E-state index contributed by atoms with van der Waals surface area (Å²) in [6.07, 6.45) is 4.54. The average molecular weight is 516 g/mol. The first-order valence-corrected chi connectivity index (χ1v) is 12.3. The fourth-order valence-corrected chi connectivity index (χ4v) is 5.14. The van der Waals surface area contributed by atoms with E-state index < -0.39 is 6.04 Å². The summed E-state index contributed by atoms with van der Waals surface area (Å²) in [6.45, 7) is 1.99. The van der Waals surface area contributed by atoms with Gasteiger partial charge in [-0.2, -0.15) is 0 Å². The van der Waals surface area contributed by atoms with Gasteiger partial charge in [-0.1, -0.05) is 78.3 Å². The molecule has 172 valence electrons. The maximum atomic E-state index is 13.5. The van der Waals surface area contributed by atoms with E-state index in [0.717, 1.165) is 25.7 Å². The quantitative estimate of drug-likeness (QED) is 0.424. The summed E-state index contributed by atoms with van der Waals surface area (Å²) in [4.78, 5) is 28.3. The first-order valence-electron chi connectivity index (χ1n) is 10.8. The summed E-state index contributed by atoms with van der Waals surface area (Å²) in [5.41, 5.74) is 1.13. The van der Waals surface area contributed by atoms with Crippen molar-refractivity contribution < 1.29 is 9.59 Å². The van der Waals surface area contributed by atoms with Gasteiger partial charge in [0.25, 0.3) is 0 Å². The Balaban J connectivity index is 1.91. The van der Waals surface area contributed by atoms with Gasteiger partial charge in [0.05, 0.1) is 6.42 Å². The number of amides is 2. The minimum atomic E-state index is -0.670. The smallest absolute Gasteiger partial charge is 0.243 e. The van der Waals surface area contributed by atoms with E-state index in [-0.39, 0.29) is 30.8 Å². The lowest BCUT2D eigenvalue weighted by Crippen LogP contribution is -2.51. The lowest BCUT2D eigenvalue weighted by Gasteiger charge is -2.32. The normalized spacial score (nSPS) is 14.9. The number of nitrogens with one attached hydrogen (secondary N) is 1. The van der Waals surface area contributed by atoms with E-state index in [2.05, 4.69) is 5.32 Å². The fraction of sp³-hybridized carbons (Fsp3) is 0.417. The molecule has 0 bridgehead atoms. The maximum Gasteiger partial charge on any atom is 0.243 e. The van der Waals surface area contributed by atoms with Crippen LogP contribution in [0.5, 0.6) is 0 Å². The molecule has 2 aromatic carbocycles. The highest BCUT2D eigenvalue weighted by Crippen LogP contribution is 2.29. The second-order valence-electron chi connectivity index (χ2n) is 8.01. The molecule has 1 aliphatic rings. The summed E-state index contributed by atoms with van der Waals surface area (Å²) in [6, 6.07) is 9.76. The molecule has 4 nitrogen and oxygen atoms in total. The maximum absolute atomic E-state index is 13.5. The molecule has 1 atom stereocenters. The molecule has 1 fully saturated rings. The Hall–Kier alpha value is -1.46. The van der Waals surface area contributed by atoms with Crippen LogP contribution >= 0.6 is 46.4 Å². The molecule has 0 saturated heterocycles. The van der Waals surface area contributed by atoms with E-state index in [4.69, 9.17) is 46.4 Å². The van der Waals surface area contributed by atoms with Gasteiger partial charge >= 0.3 is 0 Å². The monoisotopic (exact) mass is 514 g/mol. The molecule has 3 rings (SSSR count). The number of rotatable bonds is 8. The van der Waals surface area contributed by atoms with Gasteiger partial charge in [0.15, 0.2) is 0 Å². The second-order valence-corrected chi connectivity index (χ2v) is 9.64. The molecule has 2 amide bonds. The molecule has 0 heterocycles. The third-order valence-corrected chi connectivity index (χ3v) is 7.28. The molecule has 0 unspecified atom stereocenters. The van der Waals surface area contributed by atoms with Gasteiger partial charge < -0.3 is 10.2 Å². The van der Waals surface area contributed by atoms with Crippen LogP contribution in [-0.4, -0.2) is 28.8 Å². The number of nitrogens with zero attached hydrogens (tertiary/aromatic N) is 1. The molecule has 1 aliphatic carbocycles. The largest absolute Gasteiger partial charge is 0.352 e. The first kappa shape index (κ1) is 25.2. The van der Waals surface area contributed by atoms with Crippen molar-refractivity contribution in [3.63, 3.8) is 0 Å². The lowest BCUT2D eigenvalue weighted by atomic mass is 10.1. The summed E-state index contributed by atoms with van der Waals surface area (Å²) < 4.78 is 0. The van der Waals surface area contributed by atoms with Crippen LogP contribution in [0.15, 0.2) is 36.4 Å². The van der Waals surface area contributed by atoms with Crippen molar-refractivity contribution in [2.24, 2.45) is 0 Å². The summed E-state index contributed by atoms with van der Waals surface area (Å²) in [5, 5.41) is 4.81. The van der Waals surface area contributed by atoms with Crippen molar-refractivity contribution in [2.75, 3.05) is 0 Å². The Kier molecular flexibility index (Phi) is 9.13. The summed E-state index contributed by atoms with van der Waals surface area (Å²) >= 11 is 25.4. The third-order valence-electron chi connectivity index (χ3n) is 5.87. The number of benzene rings is 2. The molecule has 1 N–H and O–H groups in total. The van der Waals surface area contributed by atoms with Crippen molar-refractivity contribution >= 4 is 58.2 Å². The number of carbonyl (C=O) groups is 2. The van der Waals surface area contributed by atoms with Gasteiger partial charge in [-0.15, -0.1) is 0 Å². The fourth-order valence-electron chi connectivity index (χ4n) is 4.09. The van der Waals surface area contributed by atoms with Crippen LogP contribution in [0.3, 0.4) is 0 Å². The average Bonchev–Trinajstić information content (AvgIpc) is 3.25. The molecule has 2 aromatic rings. The van der Waals surface area contributed by atoms with Gasteiger partial charge in [0, 0.05) is 38.2 Å². The van der Waals surface area contributed by atoms with Gasteiger partial charge in [-0.05, 0) is 49.1 Å². The predicted octanol–water partition coefficient (Wildman–Crippen LogP) is 6.71. The van der Waals surface area contributed by atoms with Crippen molar-refractivity contribution in [1.82, 2.24) is 10.2 Å². The number of halogens is 4. The molecule has 0 radical (unpaired) electrons. The van der Waals surface area contributed by atoms with Gasteiger partial charge in [-0.25, -0.2) is 0 Å². The molecule has 0 spiro atoms. The molecule has 1 saturated carbocycles. The van der Waals surface area contributed by atoms with Gasteiger partial charge in [-0.3, -0.25) is 9.59 Å². The standard InChI is InChI=1S/C24H26Cl4N2O2/c1-2-22(24(32)29-15-7-3-4-8-15)30(14-17-20(27)11-6-12-21(17)28)23(31)13-16-18(25)9-5-10-19(16)26/h5-6,9-12,15,22H,2-4,7-8,13-14H2,1H3,(H,29,32)/t22-/m1/s1. The van der Waals surface area contributed by atoms with Crippen molar-refractivity contribution in [2.45, 2.75) is 64.1 Å². The number of hydrogen-bond acceptors (Lipinski definition) is 2. The molecule has 0 aromatic heterocycles. The first-order chi connectivity index (χ1) is 15.3. The number of hydrogen-bond donors (Lipinski definition) is 1. The van der Waals surface area contributed by atoms with E-state index >= 15 is 0 Å². The van der Waals surface area contributed by atoms with E-state index in [1.165, 1.54) is 4.90 Å². The minimum Gasteiger partial charge on any atom is -0.352 e. The Morgan fingerprint density at radius 1 is 0.938 bits per heavy atom. The Bertz CT molecular complexity index is 936. The van der Waals surface area contributed by atoms with Crippen LogP contribution in [0.4, 0.5) is 0 Å². The topological polar surface area (TPSA) is 49.4 Å². The van der Waals surface area contributed by atoms with Crippen LogP contribution in [0.1, 0.15) is 50.2 Å². The van der Waals surface area contributed by atoms with Crippen LogP contribution in [0.25, 0.3) is 0 Å². The third kappa shape index (κ3) is 6.11. The summed E-state index contributed by atoms with van der Waals surface area (Å²) in [5.74, 6) is -0.439. The molecular weight excluding hydrogens is 490 g/mol. The van der Waals surface area contributed by atoms with E-state index in [1.807, 2.05) is 6.92 Å². The molecule has 8 heteroatoms. The molecule has 0 aliphatic heterocycles. The zero-order valence-corrected chi connectivity index (χ0v) is 20.9. The van der Waals surface area contributed by atoms with Crippen molar-refractivity contribution in [1.29, 1.82) is 0 Å². The van der Waals surface area contributed by atoms with Crippen molar-refractivity contribution in [3.05, 3.63) is 67.6 Å².